The molecular weight excluding hydrogens is 576 g/mol. The maximum atomic E-state index is 13.5. The summed E-state index contributed by atoms with van der Waals surface area (Å²) in [5, 5.41) is 10.4. The summed E-state index contributed by atoms with van der Waals surface area (Å²) >= 11 is 7.04. The van der Waals surface area contributed by atoms with Gasteiger partial charge in [-0.3, -0.25) is 4.79 Å². The standard InChI is InChI=1S/C27H27ClN4O6S2/c1-16-12-31(40(36,37)21-8-9-24(29-11-21)30-13-19-6-7-20(14-30)38-19)15-25(33)32(16)22-10-23(39-26(22)27(34)35)17-2-4-18(28)5-3-17/h2-5,8-11,16,19-20H,6-7,12-15H2,1H3,(H,34,35)/t16-,19?,20?/m1/s1. The van der Waals surface area contributed by atoms with Crippen LogP contribution in [0.2, 0.25) is 5.02 Å². The van der Waals surface area contributed by atoms with E-state index in [1.165, 1.54) is 17.2 Å². The quantitative estimate of drug-likeness (QED) is 0.450. The van der Waals surface area contributed by atoms with E-state index in [-0.39, 0.29) is 34.2 Å². The molecule has 0 spiro atoms. The van der Waals surface area contributed by atoms with E-state index in [9.17, 15) is 23.1 Å². The summed E-state index contributed by atoms with van der Waals surface area (Å²) in [7, 11) is -4.00. The molecule has 3 saturated heterocycles. The third kappa shape index (κ3) is 4.99. The molecule has 3 aliphatic heterocycles. The molecular formula is C27H27ClN4O6S2. The molecule has 2 unspecified atom stereocenters. The molecule has 3 aliphatic rings. The summed E-state index contributed by atoms with van der Waals surface area (Å²) in [5.41, 5.74) is 1.02. The first-order valence-corrected chi connectivity index (χ1v) is 15.6. The molecule has 1 amide bonds. The van der Waals surface area contributed by atoms with Gasteiger partial charge >= 0.3 is 5.97 Å². The van der Waals surface area contributed by atoms with Crippen molar-refractivity contribution in [2.75, 3.05) is 36.0 Å². The van der Waals surface area contributed by atoms with Crippen LogP contribution in [-0.4, -0.2) is 79.1 Å². The zero-order chi connectivity index (χ0) is 28.2. The van der Waals surface area contributed by atoms with Crippen molar-refractivity contribution in [3.05, 3.63) is 58.6 Å². The summed E-state index contributed by atoms with van der Waals surface area (Å²) < 4.78 is 34.0. The number of carbonyl (C=O) groups is 2. The number of carbonyl (C=O) groups excluding carboxylic acids is 1. The number of piperazine rings is 1. The minimum absolute atomic E-state index is 0.00714. The smallest absolute Gasteiger partial charge is 0.348 e. The molecule has 0 aliphatic carbocycles. The number of pyridine rings is 1. The van der Waals surface area contributed by atoms with Crippen molar-refractivity contribution in [3.63, 3.8) is 0 Å². The Labute approximate surface area is 240 Å². The largest absolute Gasteiger partial charge is 0.477 e. The number of carboxylic acid groups (broad SMARTS) is 1. The fourth-order valence-electron chi connectivity index (χ4n) is 5.60. The summed E-state index contributed by atoms with van der Waals surface area (Å²) in [6, 6.07) is 11.3. The van der Waals surface area contributed by atoms with E-state index in [1.807, 2.05) is 0 Å². The fourth-order valence-corrected chi connectivity index (χ4v) is 8.14. The van der Waals surface area contributed by atoms with Crippen molar-refractivity contribution in [1.29, 1.82) is 0 Å². The highest BCUT2D eigenvalue weighted by Crippen LogP contribution is 2.39. The number of nitrogens with zero attached hydrogens (tertiary/aromatic N) is 4. The minimum Gasteiger partial charge on any atom is -0.477 e. The van der Waals surface area contributed by atoms with Gasteiger partial charge in [-0.2, -0.15) is 4.31 Å². The van der Waals surface area contributed by atoms with Crippen LogP contribution in [-0.2, 0) is 19.6 Å². The van der Waals surface area contributed by atoms with Crippen molar-refractivity contribution in [2.45, 2.75) is 42.9 Å². The monoisotopic (exact) mass is 602 g/mol. The second-order valence-electron chi connectivity index (χ2n) is 10.3. The minimum atomic E-state index is -4.00. The molecule has 1 N–H and O–H groups in total. The van der Waals surface area contributed by atoms with E-state index in [0.717, 1.165) is 47.1 Å². The van der Waals surface area contributed by atoms with E-state index in [0.29, 0.717) is 15.7 Å². The Bertz CT molecular complexity index is 1550. The third-order valence-corrected chi connectivity index (χ3v) is 10.7. The number of carboxylic acids is 1. The highest BCUT2D eigenvalue weighted by Gasteiger charge is 2.40. The van der Waals surface area contributed by atoms with Gasteiger partial charge in [-0.25, -0.2) is 18.2 Å². The molecule has 13 heteroatoms. The molecule has 40 heavy (non-hydrogen) atoms. The molecule has 10 nitrogen and oxygen atoms in total. The Morgan fingerprint density at radius 1 is 1.10 bits per heavy atom. The van der Waals surface area contributed by atoms with Gasteiger partial charge in [0.25, 0.3) is 0 Å². The number of halogens is 1. The van der Waals surface area contributed by atoms with Gasteiger partial charge in [-0.1, -0.05) is 23.7 Å². The topological polar surface area (TPSA) is 120 Å². The average Bonchev–Trinajstić information content (AvgIpc) is 3.51. The van der Waals surface area contributed by atoms with Gasteiger partial charge < -0.3 is 19.6 Å². The first-order chi connectivity index (χ1) is 19.1. The van der Waals surface area contributed by atoms with Gasteiger partial charge in [0, 0.05) is 41.8 Å². The Hall–Kier alpha value is -3.03. The number of ether oxygens (including phenoxy) is 1. The van der Waals surface area contributed by atoms with E-state index in [4.69, 9.17) is 16.3 Å². The Morgan fingerprint density at radius 2 is 1.80 bits per heavy atom. The van der Waals surface area contributed by atoms with Crippen LogP contribution in [0.5, 0.6) is 0 Å². The highest BCUT2D eigenvalue weighted by atomic mass is 35.5. The van der Waals surface area contributed by atoms with E-state index >= 15 is 0 Å². The lowest BCUT2D eigenvalue weighted by atomic mass is 10.1. The van der Waals surface area contributed by atoms with Gasteiger partial charge in [-0.15, -0.1) is 11.3 Å². The number of aromatic carboxylic acids is 1. The first-order valence-electron chi connectivity index (χ1n) is 12.9. The zero-order valence-corrected chi connectivity index (χ0v) is 24.0. The summed E-state index contributed by atoms with van der Waals surface area (Å²) in [4.78, 5) is 34.1. The van der Waals surface area contributed by atoms with Crippen molar-refractivity contribution >= 4 is 56.3 Å². The number of amides is 1. The number of hydrogen-bond donors (Lipinski definition) is 1. The SMILES string of the molecule is C[C@@H]1CN(S(=O)(=O)c2ccc(N3CC4CCC(C3)O4)nc2)CC(=O)N1c1cc(-c2ccc(Cl)cc2)sc1C(=O)O. The van der Waals surface area contributed by atoms with Crippen molar-refractivity contribution < 1.29 is 27.9 Å². The molecule has 0 radical (unpaired) electrons. The van der Waals surface area contributed by atoms with Crippen molar-refractivity contribution in [1.82, 2.24) is 9.29 Å². The molecule has 0 saturated carbocycles. The van der Waals surface area contributed by atoms with Crippen LogP contribution in [0.4, 0.5) is 11.5 Å². The number of rotatable bonds is 6. The van der Waals surface area contributed by atoms with Crippen LogP contribution >= 0.6 is 22.9 Å². The maximum Gasteiger partial charge on any atom is 0.348 e. The highest BCUT2D eigenvalue weighted by molar-refractivity contribution is 7.89. The average molecular weight is 603 g/mol. The number of sulfonamides is 1. The van der Waals surface area contributed by atoms with Crippen molar-refractivity contribution in [3.8, 4) is 10.4 Å². The maximum absolute atomic E-state index is 13.5. The zero-order valence-electron chi connectivity index (χ0n) is 21.6. The number of hydrogen-bond acceptors (Lipinski definition) is 8. The molecule has 3 fully saturated rings. The summed E-state index contributed by atoms with van der Waals surface area (Å²) in [6.07, 6.45) is 3.74. The molecule has 3 atom stereocenters. The Morgan fingerprint density at radius 3 is 2.40 bits per heavy atom. The Kier molecular flexibility index (Phi) is 7.07. The number of thiophene rings is 1. The van der Waals surface area contributed by atoms with Gasteiger partial charge in [0.1, 0.15) is 15.6 Å². The number of aromatic nitrogens is 1. The van der Waals surface area contributed by atoms with Crippen LogP contribution in [0, 0.1) is 0 Å². The molecule has 210 valence electrons. The van der Waals surface area contributed by atoms with Crippen LogP contribution in [0.25, 0.3) is 10.4 Å². The van der Waals surface area contributed by atoms with Gasteiger partial charge in [0.15, 0.2) is 0 Å². The van der Waals surface area contributed by atoms with Crippen LogP contribution in [0.15, 0.2) is 53.6 Å². The van der Waals surface area contributed by atoms with E-state index in [2.05, 4.69) is 9.88 Å². The van der Waals surface area contributed by atoms with Crippen LogP contribution in [0.1, 0.15) is 29.4 Å². The predicted molar refractivity (Wildman–Crippen MR) is 152 cm³/mol. The number of fused-ring (bicyclic) bond motifs is 2. The predicted octanol–water partition coefficient (Wildman–Crippen LogP) is 3.96. The number of anilines is 2. The van der Waals surface area contributed by atoms with Gasteiger partial charge in [0.05, 0.1) is 24.4 Å². The molecule has 5 heterocycles. The van der Waals surface area contributed by atoms with Crippen LogP contribution < -0.4 is 9.80 Å². The van der Waals surface area contributed by atoms with E-state index < -0.39 is 34.5 Å². The summed E-state index contributed by atoms with van der Waals surface area (Å²) in [5.74, 6) is -0.961. The second kappa shape index (κ2) is 10.4. The normalized spacial score (nSPS) is 23.6. The van der Waals surface area contributed by atoms with Crippen LogP contribution in [0.3, 0.4) is 0 Å². The van der Waals surface area contributed by atoms with Gasteiger partial charge in [-0.05, 0) is 55.7 Å². The summed E-state index contributed by atoms with van der Waals surface area (Å²) in [6.45, 7) is 2.76. The van der Waals surface area contributed by atoms with Gasteiger partial charge in [0.2, 0.25) is 15.9 Å². The molecule has 3 aromatic rings. The lowest BCUT2D eigenvalue weighted by molar-refractivity contribution is -0.120. The number of benzene rings is 1. The lowest BCUT2D eigenvalue weighted by Crippen LogP contribution is -2.57. The number of morpholine rings is 1. The second-order valence-corrected chi connectivity index (χ2v) is 13.7. The van der Waals surface area contributed by atoms with E-state index in [1.54, 1.807) is 43.3 Å². The molecule has 2 bridgehead atoms. The molecule has 6 rings (SSSR count). The fraction of sp³-hybridized carbons (Fsp3) is 0.370. The molecule has 2 aromatic heterocycles. The third-order valence-electron chi connectivity index (χ3n) is 7.51. The lowest BCUT2D eigenvalue weighted by Gasteiger charge is -2.38. The molecule has 1 aromatic carbocycles. The Balaban J connectivity index is 1.21. The van der Waals surface area contributed by atoms with Crippen molar-refractivity contribution in [2.24, 2.45) is 0 Å². The first kappa shape index (κ1) is 27.2.